The van der Waals surface area contributed by atoms with E-state index < -0.39 is 12.1 Å². The standard InChI is InChI=1S/C22H33N5O5/c1-16(2)11-19(25-22(30)31-13-18-7-5-4-6-8-18)21(29)23-10-9-17(3)12-27-26-20(14-32-27)24-15-28/h4-8,15-17,19H,9-14H2,1-3H3,(H,23,29)(H,25,30)(H,24,26,28)/t17?,19-/m0/s1. The van der Waals surface area contributed by atoms with Crippen LogP contribution in [-0.2, 0) is 25.8 Å². The van der Waals surface area contributed by atoms with Gasteiger partial charge in [0.15, 0.2) is 5.84 Å². The number of hydrazone groups is 1. The van der Waals surface area contributed by atoms with Gasteiger partial charge in [-0.05, 0) is 30.2 Å². The molecule has 1 heterocycles. The Hall–Kier alpha value is -3.14. The van der Waals surface area contributed by atoms with Crippen molar-refractivity contribution in [1.29, 1.82) is 0 Å². The lowest BCUT2D eigenvalue weighted by molar-refractivity contribution is -0.133. The molecule has 1 unspecified atom stereocenters. The average Bonchev–Trinajstić information content (AvgIpc) is 3.19. The highest BCUT2D eigenvalue weighted by Gasteiger charge is 2.23. The van der Waals surface area contributed by atoms with Crippen molar-refractivity contribution in [3.8, 4) is 0 Å². The maximum Gasteiger partial charge on any atom is 0.408 e. The number of rotatable bonds is 12. The van der Waals surface area contributed by atoms with Crippen molar-refractivity contribution in [2.75, 3.05) is 19.7 Å². The molecule has 1 aliphatic rings. The molecule has 10 heteroatoms. The number of hydroxylamine groups is 1. The molecule has 1 aromatic carbocycles. The fraction of sp³-hybridized carbons (Fsp3) is 0.545. The Morgan fingerprint density at radius 2 is 2.00 bits per heavy atom. The molecule has 3 N–H and O–H groups in total. The second-order valence-corrected chi connectivity index (χ2v) is 8.19. The van der Waals surface area contributed by atoms with Gasteiger partial charge in [0.1, 0.15) is 19.3 Å². The van der Waals surface area contributed by atoms with Crippen LogP contribution in [0.3, 0.4) is 0 Å². The number of nitrogens with zero attached hydrogens (tertiary/aromatic N) is 2. The number of alkyl carbamates (subject to hydrolysis) is 1. The highest BCUT2D eigenvalue weighted by Crippen LogP contribution is 2.10. The number of nitrogens with one attached hydrogen (secondary N) is 3. The van der Waals surface area contributed by atoms with Crippen molar-refractivity contribution in [2.24, 2.45) is 16.9 Å². The first-order chi connectivity index (χ1) is 15.4. The van der Waals surface area contributed by atoms with Crippen molar-refractivity contribution in [3.05, 3.63) is 35.9 Å². The maximum absolute atomic E-state index is 12.6. The predicted octanol–water partition coefficient (Wildman–Crippen LogP) is 1.78. The van der Waals surface area contributed by atoms with Crippen LogP contribution in [0.25, 0.3) is 0 Å². The van der Waals surface area contributed by atoms with Crippen LogP contribution in [0, 0.1) is 11.8 Å². The molecule has 0 aromatic heterocycles. The van der Waals surface area contributed by atoms with Crippen LogP contribution < -0.4 is 16.0 Å². The summed E-state index contributed by atoms with van der Waals surface area (Å²) in [6.07, 6.45) is 1.14. The Labute approximate surface area is 188 Å². The molecule has 1 aromatic rings. The SMILES string of the molecule is CC(C)C[C@H](NC(=O)OCc1ccccc1)C(=O)NCCC(C)CN1N=C(NC=O)CO1. The third-order valence-electron chi connectivity index (χ3n) is 4.74. The van der Waals surface area contributed by atoms with E-state index in [-0.39, 0.29) is 31.0 Å². The fourth-order valence-corrected chi connectivity index (χ4v) is 3.09. The first kappa shape index (κ1) is 25.1. The van der Waals surface area contributed by atoms with Gasteiger partial charge in [0.25, 0.3) is 0 Å². The molecule has 1 aliphatic heterocycles. The number of ether oxygens (including phenoxy) is 1. The lowest BCUT2D eigenvalue weighted by Crippen LogP contribution is -2.48. The molecule has 0 aliphatic carbocycles. The summed E-state index contributed by atoms with van der Waals surface area (Å²) in [6.45, 7) is 7.34. The third kappa shape index (κ3) is 9.34. The summed E-state index contributed by atoms with van der Waals surface area (Å²) < 4.78 is 5.24. The first-order valence-electron chi connectivity index (χ1n) is 10.8. The Morgan fingerprint density at radius 3 is 2.69 bits per heavy atom. The van der Waals surface area contributed by atoms with Crippen molar-refractivity contribution in [1.82, 2.24) is 21.1 Å². The fourth-order valence-electron chi connectivity index (χ4n) is 3.09. The Balaban J connectivity index is 1.74. The van der Waals surface area contributed by atoms with Gasteiger partial charge in [0, 0.05) is 6.54 Å². The van der Waals surface area contributed by atoms with Gasteiger partial charge in [0.05, 0.1) is 6.54 Å². The smallest absolute Gasteiger partial charge is 0.408 e. The Bertz CT molecular complexity index is 771. The summed E-state index contributed by atoms with van der Waals surface area (Å²) in [4.78, 5) is 40.6. The number of amidine groups is 1. The number of hydrogen-bond acceptors (Lipinski definition) is 7. The van der Waals surface area contributed by atoms with Crippen LogP contribution in [0.5, 0.6) is 0 Å². The van der Waals surface area contributed by atoms with E-state index in [1.54, 1.807) is 0 Å². The molecule has 0 fully saturated rings. The molecule has 2 atom stereocenters. The molecular formula is C22H33N5O5. The number of hydrogen-bond donors (Lipinski definition) is 3. The van der Waals surface area contributed by atoms with E-state index >= 15 is 0 Å². The molecule has 0 spiro atoms. The highest BCUT2D eigenvalue weighted by molar-refractivity contribution is 5.91. The van der Waals surface area contributed by atoms with E-state index in [0.29, 0.717) is 38.2 Å². The van der Waals surface area contributed by atoms with Gasteiger partial charge in [-0.2, -0.15) is 5.17 Å². The van der Waals surface area contributed by atoms with E-state index in [1.807, 2.05) is 51.1 Å². The number of benzene rings is 1. The van der Waals surface area contributed by atoms with Crippen molar-refractivity contribution in [3.63, 3.8) is 0 Å². The van der Waals surface area contributed by atoms with E-state index in [1.165, 1.54) is 5.17 Å². The predicted molar refractivity (Wildman–Crippen MR) is 119 cm³/mol. The molecule has 3 amide bonds. The van der Waals surface area contributed by atoms with Gasteiger partial charge < -0.3 is 20.7 Å². The Morgan fingerprint density at radius 1 is 1.25 bits per heavy atom. The quantitative estimate of drug-likeness (QED) is 0.420. The van der Waals surface area contributed by atoms with Crippen molar-refractivity contribution < 1.29 is 24.0 Å². The van der Waals surface area contributed by atoms with Gasteiger partial charge in [-0.25, -0.2) is 9.63 Å². The molecule has 2 rings (SSSR count). The summed E-state index contributed by atoms with van der Waals surface area (Å²) in [5, 5.41) is 13.6. The zero-order valence-electron chi connectivity index (χ0n) is 18.9. The number of amides is 3. The minimum absolute atomic E-state index is 0.144. The summed E-state index contributed by atoms with van der Waals surface area (Å²) in [5.41, 5.74) is 0.877. The first-order valence-corrected chi connectivity index (χ1v) is 10.8. The van der Waals surface area contributed by atoms with E-state index in [4.69, 9.17) is 9.57 Å². The highest BCUT2D eigenvalue weighted by atomic mass is 16.7. The molecule has 0 saturated heterocycles. The molecule has 176 valence electrons. The van der Waals surface area contributed by atoms with Gasteiger partial charge in [-0.15, -0.1) is 5.10 Å². The van der Waals surface area contributed by atoms with E-state index in [0.717, 1.165) is 5.56 Å². The lowest BCUT2D eigenvalue weighted by atomic mass is 10.0. The van der Waals surface area contributed by atoms with Gasteiger partial charge in [-0.3, -0.25) is 9.59 Å². The van der Waals surface area contributed by atoms with Crippen molar-refractivity contribution in [2.45, 2.75) is 46.3 Å². The number of carbonyl (C=O) groups is 3. The molecule has 0 bridgehead atoms. The molecule has 0 saturated carbocycles. The molecule has 10 nitrogen and oxygen atoms in total. The molecular weight excluding hydrogens is 414 g/mol. The maximum atomic E-state index is 12.6. The monoisotopic (exact) mass is 447 g/mol. The lowest BCUT2D eigenvalue weighted by Gasteiger charge is -2.21. The van der Waals surface area contributed by atoms with Gasteiger partial charge in [-0.1, -0.05) is 51.1 Å². The topological polar surface area (TPSA) is 121 Å². The van der Waals surface area contributed by atoms with Crippen LogP contribution >= 0.6 is 0 Å². The second kappa shape index (κ2) is 13.3. The third-order valence-corrected chi connectivity index (χ3v) is 4.74. The number of carbonyl (C=O) groups excluding carboxylic acids is 3. The summed E-state index contributed by atoms with van der Waals surface area (Å²) >= 11 is 0. The second-order valence-electron chi connectivity index (χ2n) is 8.19. The van der Waals surface area contributed by atoms with Crippen LogP contribution in [0.2, 0.25) is 0 Å². The van der Waals surface area contributed by atoms with Crippen LogP contribution in [0.1, 0.15) is 39.2 Å². The van der Waals surface area contributed by atoms with Gasteiger partial charge in [0.2, 0.25) is 12.3 Å². The minimum atomic E-state index is -0.669. The van der Waals surface area contributed by atoms with Crippen LogP contribution in [-0.4, -0.2) is 55.2 Å². The largest absolute Gasteiger partial charge is 0.445 e. The molecule has 32 heavy (non-hydrogen) atoms. The Kier molecular flexibility index (Phi) is 10.5. The summed E-state index contributed by atoms with van der Waals surface area (Å²) in [5.74, 6) is 0.623. The van der Waals surface area contributed by atoms with Crippen LogP contribution in [0.4, 0.5) is 4.79 Å². The minimum Gasteiger partial charge on any atom is -0.445 e. The van der Waals surface area contributed by atoms with Crippen molar-refractivity contribution >= 4 is 24.2 Å². The summed E-state index contributed by atoms with van der Waals surface area (Å²) in [6, 6.07) is 8.69. The van der Waals surface area contributed by atoms with E-state index in [9.17, 15) is 14.4 Å². The van der Waals surface area contributed by atoms with Crippen LogP contribution in [0.15, 0.2) is 35.4 Å². The molecule has 0 radical (unpaired) electrons. The summed E-state index contributed by atoms with van der Waals surface area (Å²) in [7, 11) is 0. The normalized spacial score (nSPS) is 15.0. The zero-order chi connectivity index (χ0) is 23.3. The average molecular weight is 448 g/mol. The van der Waals surface area contributed by atoms with E-state index in [2.05, 4.69) is 21.1 Å². The van der Waals surface area contributed by atoms with Gasteiger partial charge >= 0.3 is 6.09 Å². The zero-order valence-corrected chi connectivity index (χ0v) is 18.9.